The van der Waals surface area contributed by atoms with Crippen LogP contribution in [0.3, 0.4) is 0 Å². The summed E-state index contributed by atoms with van der Waals surface area (Å²) in [6, 6.07) is 5.54. The van der Waals surface area contributed by atoms with Crippen molar-refractivity contribution in [2.75, 3.05) is 23.4 Å². The molecule has 0 aliphatic heterocycles. The molecule has 2 rings (SSSR count). The Hall–Kier alpha value is -1.67. The van der Waals surface area contributed by atoms with Gasteiger partial charge in [0.2, 0.25) is 11.8 Å². The van der Waals surface area contributed by atoms with Crippen molar-refractivity contribution in [1.82, 2.24) is 14.1 Å². The monoisotopic (exact) mass is 324 g/mol. The lowest BCUT2D eigenvalue weighted by Crippen LogP contribution is -2.21. The number of carbonyl (C=O) groups is 2. The highest BCUT2D eigenvalue weighted by atomic mass is 32.2. The van der Waals surface area contributed by atoms with Crippen molar-refractivity contribution in [3.63, 3.8) is 0 Å². The molecule has 0 saturated heterocycles. The van der Waals surface area contributed by atoms with Gasteiger partial charge in [0, 0.05) is 13.5 Å². The Kier molecular flexibility index (Phi) is 5.94. The first kappa shape index (κ1) is 15.7. The van der Waals surface area contributed by atoms with Gasteiger partial charge < -0.3 is 10.6 Å². The number of benzene rings is 1. The molecule has 1 heterocycles. The molecular weight excluding hydrogens is 308 g/mol. The predicted octanol–water partition coefficient (Wildman–Crippen LogP) is 1.89. The molecule has 21 heavy (non-hydrogen) atoms. The number of fused-ring (bicyclic) bond motifs is 1. The Morgan fingerprint density at radius 3 is 3.00 bits per heavy atom. The van der Waals surface area contributed by atoms with Crippen molar-refractivity contribution in [3.05, 3.63) is 18.2 Å². The van der Waals surface area contributed by atoms with E-state index in [1.165, 1.54) is 6.92 Å². The molecule has 0 fully saturated rings. The van der Waals surface area contributed by atoms with Crippen molar-refractivity contribution >= 4 is 52.0 Å². The van der Waals surface area contributed by atoms with Gasteiger partial charge in [-0.25, -0.2) is 0 Å². The Bertz CT molecular complexity index is 629. The number of nitrogens with one attached hydrogen (secondary N) is 2. The maximum Gasteiger partial charge on any atom is 0.234 e. The molecule has 112 valence electrons. The van der Waals surface area contributed by atoms with E-state index >= 15 is 0 Å². The maximum atomic E-state index is 11.9. The van der Waals surface area contributed by atoms with Crippen LogP contribution in [0.25, 0.3) is 11.0 Å². The summed E-state index contributed by atoms with van der Waals surface area (Å²) in [6.07, 6.45) is 0.850. The molecule has 2 N–H and O–H groups in total. The van der Waals surface area contributed by atoms with Crippen molar-refractivity contribution < 1.29 is 9.59 Å². The number of amides is 2. The van der Waals surface area contributed by atoms with Crippen LogP contribution in [0.5, 0.6) is 0 Å². The first-order valence-corrected chi connectivity index (χ1v) is 8.38. The number of nitrogens with zero attached hydrogens (tertiary/aromatic N) is 2. The van der Waals surface area contributed by atoms with Crippen molar-refractivity contribution in [3.8, 4) is 0 Å². The minimum Gasteiger partial charge on any atom is -0.356 e. The molecule has 0 saturated carbocycles. The minimum atomic E-state index is -0.0555. The Balaban J connectivity index is 1.72. The van der Waals surface area contributed by atoms with Crippen LogP contribution in [-0.2, 0) is 9.59 Å². The lowest BCUT2D eigenvalue weighted by molar-refractivity contribution is -0.119. The van der Waals surface area contributed by atoms with Gasteiger partial charge in [0.25, 0.3) is 0 Å². The minimum absolute atomic E-state index is 0.0253. The number of thioether (sulfide) groups is 1. The fourth-order valence-electron chi connectivity index (χ4n) is 1.70. The van der Waals surface area contributed by atoms with E-state index in [0.717, 1.165) is 34.9 Å². The molecule has 0 radical (unpaired) electrons. The van der Waals surface area contributed by atoms with Crippen molar-refractivity contribution in [2.45, 2.75) is 13.3 Å². The van der Waals surface area contributed by atoms with Gasteiger partial charge in [0.15, 0.2) is 0 Å². The van der Waals surface area contributed by atoms with Gasteiger partial charge in [-0.1, -0.05) is 6.07 Å². The Labute approximate surface area is 131 Å². The van der Waals surface area contributed by atoms with Crippen LogP contribution in [0.1, 0.15) is 13.3 Å². The van der Waals surface area contributed by atoms with Gasteiger partial charge in [0.1, 0.15) is 11.0 Å². The van der Waals surface area contributed by atoms with Crippen LogP contribution in [0.2, 0.25) is 0 Å². The van der Waals surface area contributed by atoms with Crippen LogP contribution in [0.15, 0.2) is 18.2 Å². The average Bonchev–Trinajstić information content (AvgIpc) is 2.92. The van der Waals surface area contributed by atoms with E-state index in [9.17, 15) is 9.59 Å². The number of hydrogen-bond acceptors (Lipinski definition) is 6. The predicted molar refractivity (Wildman–Crippen MR) is 86.7 cm³/mol. The zero-order valence-corrected chi connectivity index (χ0v) is 13.2. The molecule has 2 aromatic rings. The lowest BCUT2D eigenvalue weighted by Gasteiger charge is -2.05. The summed E-state index contributed by atoms with van der Waals surface area (Å²) in [4.78, 5) is 22.6. The summed E-state index contributed by atoms with van der Waals surface area (Å²) in [5, 5.41) is 5.58. The van der Waals surface area contributed by atoms with E-state index in [1.54, 1.807) is 11.8 Å². The van der Waals surface area contributed by atoms with E-state index in [0.29, 0.717) is 18.0 Å². The van der Waals surface area contributed by atoms with Crippen LogP contribution in [0.4, 0.5) is 5.69 Å². The third kappa shape index (κ3) is 4.98. The number of rotatable bonds is 7. The third-order valence-corrected chi connectivity index (χ3v) is 4.22. The number of carbonyl (C=O) groups excluding carboxylic acids is 2. The molecule has 1 aromatic carbocycles. The van der Waals surface area contributed by atoms with Gasteiger partial charge in [0.05, 0.1) is 23.2 Å². The molecule has 1 aromatic heterocycles. The summed E-state index contributed by atoms with van der Waals surface area (Å²) in [7, 11) is 0. The molecule has 2 amide bonds. The summed E-state index contributed by atoms with van der Waals surface area (Å²) in [5.41, 5.74) is 2.22. The summed E-state index contributed by atoms with van der Waals surface area (Å²) in [6.45, 7) is 2.14. The van der Waals surface area contributed by atoms with E-state index in [2.05, 4.69) is 19.4 Å². The molecule has 0 bridgehead atoms. The third-order valence-electron chi connectivity index (χ3n) is 2.63. The van der Waals surface area contributed by atoms with Crippen molar-refractivity contribution in [1.29, 1.82) is 0 Å². The number of aromatic nitrogens is 2. The normalized spacial score (nSPS) is 10.5. The fraction of sp³-hybridized carbons (Fsp3) is 0.385. The first-order valence-electron chi connectivity index (χ1n) is 6.50. The first-order chi connectivity index (χ1) is 10.2. The van der Waals surface area contributed by atoms with Gasteiger partial charge in [-0.05, 0) is 24.3 Å². The summed E-state index contributed by atoms with van der Waals surface area (Å²) < 4.78 is 8.31. The zero-order valence-electron chi connectivity index (χ0n) is 11.6. The summed E-state index contributed by atoms with van der Waals surface area (Å²) in [5.74, 6) is 1.13. The second-order valence-corrected chi connectivity index (χ2v) is 6.01. The standard InChI is InChI=1S/C13H16N4O2S2/c1-9(18)14-6-3-7-20-8-12(19)15-10-4-2-5-11-13(10)17-21-16-11/h2,4-5H,3,6-8H2,1H3,(H,14,18)(H,15,19). The highest BCUT2D eigenvalue weighted by Crippen LogP contribution is 2.21. The quantitative estimate of drug-likeness (QED) is 0.760. The number of hydrogen-bond donors (Lipinski definition) is 2. The van der Waals surface area contributed by atoms with Gasteiger partial charge in [-0.3, -0.25) is 9.59 Å². The topological polar surface area (TPSA) is 84.0 Å². The molecule has 0 aliphatic carbocycles. The molecule has 8 heteroatoms. The van der Waals surface area contributed by atoms with Gasteiger partial charge in [-0.2, -0.15) is 20.5 Å². The van der Waals surface area contributed by atoms with Gasteiger partial charge in [-0.15, -0.1) is 0 Å². The fourth-order valence-corrected chi connectivity index (χ4v) is 3.00. The molecule has 0 spiro atoms. The molecule has 0 unspecified atom stereocenters. The van der Waals surface area contributed by atoms with Crippen LogP contribution >= 0.6 is 23.5 Å². The van der Waals surface area contributed by atoms with Crippen LogP contribution in [-0.4, -0.2) is 38.6 Å². The molecule has 0 atom stereocenters. The second-order valence-electron chi connectivity index (χ2n) is 4.37. The van der Waals surface area contributed by atoms with E-state index in [4.69, 9.17) is 0 Å². The molecular formula is C13H16N4O2S2. The maximum absolute atomic E-state index is 11.9. The van der Waals surface area contributed by atoms with E-state index in [1.807, 2.05) is 18.2 Å². The second kappa shape index (κ2) is 7.94. The molecule has 6 nitrogen and oxygen atoms in total. The van der Waals surface area contributed by atoms with Gasteiger partial charge >= 0.3 is 0 Å². The smallest absolute Gasteiger partial charge is 0.234 e. The van der Waals surface area contributed by atoms with Crippen LogP contribution < -0.4 is 10.6 Å². The summed E-state index contributed by atoms with van der Waals surface area (Å²) >= 11 is 2.68. The average molecular weight is 324 g/mol. The largest absolute Gasteiger partial charge is 0.356 e. The van der Waals surface area contributed by atoms with Crippen molar-refractivity contribution in [2.24, 2.45) is 0 Å². The molecule has 0 aliphatic rings. The lowest BCUT2D eigenvalue weighted by atomic mass is 10.2. The van der Waals surface area contributed by atoms with E-state index < -0.39 is 0 Å². The highest BCUT2D eigenvalue weighted by molar-refractivity contribution is 7.99. The van der Waals surface area contributed by atoms with Crippen LogP contribution in [0, 0.1) is 0 Å². The Morgan fingerprint density at radius 1 is 1.33 bits per heavy atom. The SMILES string of the molecule is CC(=O)NCCCSCC(=O)Nc1cccc2nsnc12. The Morgan fingerprint density at radius 2 is 2.19 bits per heavy atom. The number of anilines is 1. The highest BCUT2D eigenvalue weighted by Gasteiger charge is 2.08. The van der Waals surface area contributed by atoms with E-state index in [-0.39, 0.29) is 11.8 Å². The zero-order chi connectivity index (χ0) is 15.1.